The van der Waals surface area contributed by atoms with E-state index in [1.165, 1.54) is 29.4 Å². The van der Waals surface area contributed by atoms with Crippen molar-refractivity contribution in [3.63, 3.8) is 0 Å². The molecule has 0 aromatic heterocycles. The average Bonchev–Trinajstić information content (AvgIpc) is 2.68. The van der Waals surface area contributed by atoms with Crippen LogP contribution >= 0.6 is 0 Å². The van der Waals surface area contributed by atoms with Crippen LogP contribution < -0.4 is 15.5 Å². The van der Waals surface area contributed by atoms with Crippen LogP contribution in [0.3, 0.4) is 0 Å². The van der Waals surface area contributed by atoms with Gasteiger partial charge in [-0.25, -0.2) is 4.39 Å². The predicted molar refractivity (Wildman–Crippen MR) is 113 cm³/mol. The Labute approximate surface area is 170 Å². The molecule has 2 amide bonds. The van der Waals surface area contributed by atoms with E-state index >= 15 is 0 Å². The Morgan fingerprint density at radius 3 is 2.69 bits per heavy atom. The largest absolute Gasteiger partial charge is 0.374 e. The lowest BCUT2D eigenvalue weighted by Crippen LogP contribution is -2.40. The zero-order chi connectivity index (χ0) is 21.0. The highest BCUT2D eigenvalue weighted by molar-refractivity contribution is 6.39. The van der Waals surface area contributed by atoms with Crippen molar-refractivity contribution in [3.05, 3.63) is 59.4 Å². The number of aryl methyl sites for hydroxylation is 1. The molecule has 0 fully saturated rings. The normalized spacial score (nSPS) is 14.3. The van der Waals surface area contributed by atoms with E-state index in [0.29, 0.717) is 0 Å². The average molecular weight is 398 g/mol. The lowest BCUT2D eigenvalue weighted by Gasteiger charge is -2.30. The highest BCUT2D eigenvalue weighted by Gasteiger charge is 2.21. The minimum Gasteiger partial charge on any atom is -0.374 e. The van der Waals surface area contributed by atoms with Crippen molar-refractivity contribution < 1.29 is 14.0 Å². The molecule has 154 valence electrons. The van der Waals surface area contributed by atoms with Gasteiger partial charge in [0.25, 0.3) is 0 Å². The van der Waals surface area contributed by atoms with Crippen molar-refractivity contribution in [3.8, 4) is 0 Å². The number of likely N-dealkylation sites (N-methyl/N-ethyl adjacent to an activating group) is 1. The van der Waals surface area contributed by atoms with E-state index in [4.69, 9.17) is 0 Å². The van der Waals surface area contributed by atoms with Crippen molar-refractivity contribution in [2.75, 3.05) is 44.4 Å². The number of hydrogen-bond acceptors (Lipinski definition) is 4. The van der Waals surface area contributed by atoms with Gasteiger partial charge in [-0.1, -0.05) is 18.2 Å². The Hall–Kier alpha value is -2.93. The van der Waals surface area contributed by atoms with Crippen LogP contribution in [0.15, 0.2) is 42.5 Å². The molecule has 3 rings (SSSR count). The van der Waals surface area contributed by atoms with E-state index in [2.05, 4.69) is 40.8 Å². The van der Waals surface area contributed by atoms with Crippen LogP contribution in [0, 0.1) is 5.82 Å². The van der Waals surface area contributed by atoms with Gasteiger partial charge in [-0.15, -0.1) is 0 Å². The zero-order valence-corrected chi connectivity index (χ0v) is 17.0. The third-order valence-corrected chi connectivity index (χ3v) is 5.21. The molecule has 0 saturated heterocycles. The Morgan fingerprint density at radius 2 is 1.97 bits per heavy atom. The van der Waals surface area contributed by atoms with Gasteiger partial charge in [-0.3, -0.25) is 9.59 Å². The van der Waals surface area contributed by atoms with Crippen LogP contribution in [0.1, 0.15) is 23.6 Å². The maximum atomic E-state index is 13.2. The number of halogens is 1. The van der Waals surface area contributed by atoms with Crippen molar-refractivity contribution in [1.82, 2.24) is 10.2 Å². The lowest BCUT2D eigenvalue weighted by molar-refractivity contribution is -0.136. The van der Waals surface area contributed by atoms with Gasteiger partial charge in [-0.2, -0.15) is 0 Å². The van der Waals surface area contributed by atoms with Gasteiger partial charge >= 0.3 is 11.8 Å². The Kier molecular flexibility index (Phi) is 6.49. The van der Waals surface area contributed by atoms with Gasteiger partial charge < -0.3 is 20.4 Å². The molecular formula is C22H27FN4O2. The Balaban J connectivity index is 1.65. The first kappa shape index (κ1) is 20.8. The summed E-state index contributed by atoms with van der Waals surface area (Å²) < 4.78 is 13.2. The first-order valence-corrected chi connectivity index (χ1v) is 9.70. The third-order valence-electron chi connectivity index (χ3n) is 5.21. The van der Waals surface area contributed by atoms with Gasteiger partial charge in [0, 0.05) is 31.5 Å². The van der Waals surface area contributed by atoms with Crippen LogP contribution in [0.5, 0.6) is 0 Å². The van der Waals surface area contributed by atoms with E-state index in [-0.39, 0.29) is 18.3 Å². The van der Waals surface area contributed by atoms with Crippen molar-refractivity contribution in [2.24, 2.45) is 0 Å². The molecule has 2 aromatic carbocycles. The molecule has 1 aliphatic heterocycles. The summed E-state index contributed by atoms with van der Waals surface area (Å²) in [5.41, 5.74) is 3.89. The molecule has 6 nitrogen and oxygen atoms in total. The van der Waals surface area contributed by atoms with Gasteiger partial charge in [0.15, 0.2) is 0 Å². The second-order valence-corrected chi connectivity index (χ2v) is 7.57. The van der Waals surface area contributed by atoms with E-state index in [1.807, 2.05) is 19.0 Å². The number of anilines is 2. The fraction of sp³-hybridized carbons (Fsp3) is 0.364. The summed E-state index contributed by atoms with van der Waals surface area (Å²) in [6.07, 6.45) is 2.16. The molecule has 0 aliphatic carbocycles. The van der Waals surface area contributed by atoms with Gasteiger partial charge in [0.1, 0.15) is 5.82 Å². The van der Waals surface area contributed by atoms with Crippen LogP contribution in [-0.4, -0.2) is 50.9 Å². The van der Waals surface area contributed by atoms with Crippen molar-refractivity contribution in [1.29, 1.82) is 0 Å². The fourth-order valence-electron chi connectivity index (χ4n) is 3.63. The minimum absolute atomic E-state index is 0.0709. The lowest BCUT2D eigenvalue weighted by atomic mass is 9.96. The van der Waals surface area contributed by atoms with Gasteiger partial charge in [0.2, 0.25) is 0 Å². The number of nitrogens with one attached hydrogen (secondary N) is 2. The summed E-state index contributed by atoms with van der Waals surface area (Å²) in [6.45, 7) is 1.34. The smallest absolute Gasteiger partial charge is 0.313 e. The van der Waals surface area contributed by atoms with E-state index < -0.39 is 17.6 Å². The monoisotopic (exact) mass is 398 g/mol. The topological polar surface area (TPSA) is 64.7 Å². The zero-order valence-electron chi connectivity index (χ0n) is 17.0. The SMILES string of the molecule is CN1CCCc2cc([C@H](CNC(=O)C(=O)Nc3cccc(F)c3)N(C)C)ccc21. The molecule has 1 heterocycles. The van der Waals surface area contributed by atoms with Crippen molar-refractivity contribution in [2.45, 2.75) is 18.9 Å². The number of rotatable bonds is 5. The summed E-state index contributed by atoms with van der Waals surface area (Å²) in [4.78, 5) is 28.6. The van der Waals surface area contributed by atoms with Gasteiger partial charge in [-0.05, 0) is 62.3 Å². The highest BCUT2D eigenvalue weighted by atomic mass is 19.1. The number of fused-ring (bicyclic) bond motifs is 1. The number of benzene rings is 2. The quantitative estimate of drug-likeness (QED) is 0.760. The van der Waals surface area contributed by atoms with Crippen molar-refractivity contribution >= 4 is 23.2 Å². The molecule has 7 heteroatoms. The van der Waals surface area contributed by atoms with Crippen LogP contribution in [0.25, 0.3) is 0 Å². The molecule has 2 N–H and O–H groups in total. The summed E-state index contributed by atoms with van der Waals surface area (Å²) in [5.74, 6) is -2.05. The minimum atomic E-state index is -0.819. The number of nitrogens with zero attached hydrogens (tertiary/aromatic N) is 2. The maximum Gasteiger partial charge on any atom is 0.313 e. The number of hydrogen-bond donors (Lipinski definition) is 2. The number of carbonyl (C=O) groups excluding carboxylic acids is 2. The molecule has 0 saturated carbocycles. The fourth-order valence-corrected chi connectivity index (χ4v) is 3.63. The molecule has 1 aliphatic rings. The second kappa shape index (κ2) is 9.05. The molecule has 1 atom stereocenters. The summed E-state index contributed by atoms with van der Waals surface area (Å²) >= 11 is 0. The molecule has 0 radical (unpaired) electrons. The van der Waals surface area contributed by atoms with Crippen LogP contribution in [-0.2, 0) is 16.0 Å². The highest BCUT2D eigenvalue weighted by Crippen LogP contribution is 2.29. The van der Waals surface area contributed by atoms with Crippen LogP contribution in [0.2, 0.25) is 0 Å². The molecule has 0 unspecified atom stereocenters. The van der Waals surface area contributed by atoms with E-state index in [0.717, 1.165) is 31.0 Å². The second-order valence-electron chi connectivity index (χ2n) is 7.57. The first-order valence-electron chi connectivity index (χ1n) is 9.70. The van der Waals surface area contributed by atoms with E-state index in [1.54, 1.807) is 0 Å². The molecule has 0 spiro atoms. The molecular weight excluding hydrogens is 371 g/mol. The predicted octanol–water partition coefficient (Wildman–Crippen LogP) is 2.57. The summed E-state index contributed by atoms with van der Waals surface area (Å²) in [6, 6.07) is 11.8. The number of amides is 2. The van der Waals surface area contributed by atoms with Gasteiger partial charge in [0.05, 0.1) is 6.04 Å². The Morgan fingerprint density at radius 1 is 1.17 bits per heavy atom. The summed E-state index contributed by atoms with van der Waals surface area (Å²) in [7, 11) is 5.98. The summed E-state index contributed by atoms with van der Waals surface area (Å²) in [5, 5.41) is 5.10. The first-order chi connectivity index (χ1) is 13.8. The molecule has 0 bridgehead atoms. The maximum absolute atomic E-state index is 13.2. The third kappa shape index (κ3) is 5.12. The number of carbonyl (C=O) groups is 2. The molecule has 29 heavy (non-hydrogen) atoms. The Bertz CT molecular complexity index is 900. The standard InChI is InChI=1S/C22H27FN4O2/c1-26(2)20(16-9-10-19-15(12-16)6-5-11-27(19)3)14-24-21(28)22(29)25-18-8-4-7-17(23)13-18/h4,7-10,12-13,20H,5-6,11,14H2,1-3H3,(H,24,28)(H,25,29)/t20-/m0/s1. The van der Waals surface area contributed by atoms with Crippen LogP contribution in [0.4, 0.5) is 15.8 Å². The van der Waals surface area contributed by atoms with E-state index in [9.17, 15) is 14.0 Å². The molecule has 2 aromatic rings.